The zero-order chi connectivity index (χ0) is 18.6. The van der Waals surface area contributed by atoms with Gasteiger partial charge in [-0.1, -0.05) is 115 Å². The first-order valence-electron chi connectivity index (χ1n) is 11.5. The van der Waals surface area contributed by atoms with Gasteiger partial charge in [0.2, 0.25) is 0 Å². The second-order valence-electron chi connectivity index (χ2n) is 7.54. The molecule has 0 aliphatic carbocycles. The van der Waals surface area contributed by atoms with Crippen LogP contribution in [0.1, 0.15) is 118 Å². The Labute approximate surface area is 164 Å². The van der Waals surface area contributed by atoms with E-state index in [1.165, 1.54) is 87.6 Å². The molecule has 150 valence electrons. The molecule has 1 unspecified atom stereocenters. The summed E-state index contributed by atoms with van der Waals surface area (Å²) in [4.78, 5) is 0. The number of unbranched alkanes of at least 4 members (excludes halogenated alkanes) is 10. The molecular weight excluding hydrogens is 323 g/mol. The predicted octanol–water partition coefficient (Wildman–Crippen LogP) is 7.88. The minimum absolute atomic E-state index is 0.0758. The van der Waals surface area contributed by atoms with Crippen LogP contribution in [0.5, 0.6) is 0 Å². The fraction of sp³-hybridized carbons (Fsp3) is 1.00. The normalized spacial score (nSPS) is 12.5. The maximum Gasteiger partial charge on any atom is 0.462 e. The van der Waals surface area contributed by atoms with Crippen molar-refractivity contribution in [2.75, 3.05) is 6.61 Å². The van der Waals surface area contributed by atoms with E-state index in [2.05, 4.69) is 27.7 Å². The summed E-state index contributed by atoms with van der Waals surface area (Å²) in [6.45, 7) is 9.68. The van der Waals surface area contributed by atoms with E-state index in [9.17, 15) is 0 Å². The van der Waals surface area contributed by atoms with Crippen molar-refractivity contribution in [2.45, 2.75) is 134 Å². The first-order chi connectivity index (χ1) is 12.3. The maximum absolute atomic E-state index is 6.50. The van der Waals surface area contributed by atoms with Crippen LogP contribution >= 0.6 is 0 Å². The topological polar surface area (TPSA) is 18.5 Å². The highest BCUT2D eigenvalue weighted by atomic mass is 27.2. The zero-order valence-corrected chi connectivity index (χ0v) is 19.1. The van der Waals surface area contributed by atoms with Gasteiger partial charge in [-0.3, -0.25) is 0 Å². The lowest BCUT2D eigenvalue weighted by Crippen LogP contribution is -2.28. The van der Waals surface area contributed by atoms with Crippen LogP contribution in [0.3, 0.4) is 0 Å². The third-order valence-corrected chi connectivity index (χ3v) is 7.77. The van der Waals surface area contributed by atoms with E-state index in [-0.39, 0.29) is 6.29 Å². The quantitative estimate of drug-likeness (QED) is 0.123. The summed E-state index contributed by atoms with van der Waals surface area (Å²) < 4.78 is 12.3. The molecule has 0 heterocycles. The predicted molar refractivity (Wildman–Crippen MR) is 114 cm³/mol. The van der Waals surface area contributed by atoms with Gasteiger partial charge in [0.25, 0.3) is 0 Å². The Kier molecular flexibility index (Phi) is 21.1. The van der Waals surface area contributed by atoms with Gasteiger partial charge in [0, 0.05) is 6.61 Å². The molecule has 0 spiro atoms. The van der Waals surface area contributed by atoms with Gasteiger partial charge in [-0.25, -0.2) is 0 Å². The summed E-state index contributed by atoms with van der Waals surface area (Å²) in [6, 6.07) is 0. The average Bonchev–Trinajstić information content (AvgIpc) is 2.61. The standard InChI is InChI=1S/2C8H17.C6H13O2.Al/c2*1-3-5-7-8-6-4-2;1-3-5-6(7)8-4-2;/h2*1,3-8H2,2H3;6H,3-5H2,1-2H3;/q;;-1;+1. The molecule has 0 fully saturated rings. The third kappa shape index (κ3) is 17.6. The number of hydrogen-bond donors (Lipinski definition) is 0. The van der Waals surface area contributed by atoms with E-state index in [0.717, 1.165) is 19.4 Å². The molecule has 0 rings (SSSR count). The highest BCUT2D eigenvalue weighted by Crippen LogP contribution is 2.18. The minimum atomic E-state index is -1.10. The molecule has 0 amide bonds. The van der Waals surface area contributed by atoms with Crippen LogP contribution in [0.4, 0.5) is 0 Å². The van der Waals surface area contributed by atoms with E-state index in [1.54, 1.807) is 0 Å². The van der Waals surface area contributed by atoms with Crippen molar-refractivity contribution in [3.8, 4) is 0 Å². The van der Waals surface area contributed by atoms with Crippen molar-refractivity contribution < 1.29 is 8.53 Å². The van der Waals surface area contributed by atoms with Crippen molar-refractivity contribution in [1.82, 2.24) is 0 Å². The first-order valence-corrected chi connectivity index (χ1v) is 13.7. The van der Waals surface area contributed by atoms with Gasteiger partial charge in [0.05, 0.1) is 0 Å². The molecule has 3 heteroatoms. The van der Waals surface area contributed by atoms with Crippen molar-refractivity contribution in [1.29, 1.82) is 0 Å². The summed E-state index contributed by atoms with van der Waals surface area (Å²) >= 11 is -1.10. The monoisotopic (exact) mass is 370 g/mol. The van der Waals surface area contributed by atoms with Gasteiger partial charge in [-0.05, 0) is 13.3 Å². The Morgan fingerprint density at radius 1 is 0.600 bits per heavy atom. The summed E-state index contributed by atoms with van der Waals surface area (Å²) in [6.07, 6.45) is 19.0. The SMILES string of the molecule is CCCCCCC[CH2][Al]([CH2]CCCCCCC)[O]C(CCC)OCC. The van der Waals surface area contributed by atoms with E-state index in [4.69, 9.17) is 8.53 Å². The fourth-order valence-corrected chi connectivity index (χ4v) is 6.10. The van der Waals surface area contributed by atoms with Crippen LogP contribution in [0.25, 0.3) is 0 Å². The molecule has 0 radical (unpaired) electrons. The van der Waals surface area contributed by atoms with Gasteiger partial charge in [-0.2, -0.15) is 0 Å². The van der Waals surface area contributed by atoms with Gasteiger partial charge in [-0.15, -0.1) is 0 Å². The van der Waals surface area contributed by atoms with Gasteiger partial charge >= 0.3 is 14.5 Å². The minimum Gasteiger partial charge on any atom is -0.478 e. The molecule has 2 nitrogen and oxygen atoms in total. The van der Waals surface area contributed by atoms with Gasteiger partial charge < -0.3 is 8.53 Å². The molecule has 0 aliphatic rings. The van der Waals surface area contributed by atoms with Crippen LogP contribution in [-0.4, -0.2) is 27.4 Å². The molecule has 0 aromatic rings. The molecule has 0 aromatic heterocycles. The zero-order valence-electron chi connectivity index (χ0n) is 18.0. The average molecular weight is 371 g/mol. The summed E-state index contributed by atoms with van der Waals surface area (Å²) in [5, 5.41) is 2.71. The lowest BCUT2D eigenvalue weighted by Gasteiger charge is -2.23. The van der Waals surface area contributed by atoms with Crippen molar-refractivity contribution in [3.05, 3.63) is 0 Å². The number of ether oxygens (including phenoxy) is 1. The lowest BCUT2D eigenvalue weighted by atomic mass is 10.1. The maximum atomic E-state index is 6.50. The molecular formula is C22H47AlO2. The number of rotatable bonds is 20. The molecule has 0 N–H and O–H groups in total. The van der Waals surface area contributed by atoms with Crippen molar-refractivity contribution in [3.63, 3.8) is 0 Å². The molecule has 1 atom stereocenters. The third-order valence-electron chi connectivity index (χ3n) is 4.98. The second-order valence-corrected chi connectivity index (χ2v) is 10.2. The van der Waals surface area contributed by atoms with Crippen LogP contribution in [0, 0.1) is 0 Å². The van der Waals surface area contributed by atoms with Gasteiger partial charge in [0.1, 0.15) is 6.29 Å². The van der Waals surface area contributed by atoms with E-state index < -0.39 is 14.5 Å². The van der Waals surface area contributed by atoms with E-state index >= 15 is 0 Å². The van der Waals surface area contributed by atoms with E-state index in [1.807, 2.05) is 0 Å². The summed E-state index contributed by atoms with van der Waals surface area (Å²) in [5.74, 6) is 0. The molecule has 0 bridgehead atoms. The van der Waals surface area contributed by atoms with Crippen LogP contribution in [-0.2, 0) is 8.53 Å². The Balaban J connectivity index is 4.10. The summed E-state index contributed by atoms with van der Waals surface area (Å²) in [7, 11) is 0. The first kappa shape index (κ1) is 25.5. The molecule has 0 aromatic carbocycles. The molecule has 0 aliphatic heterocycles. The highest BCUT2D eigenvalue weighted by Gasteiger charge is 2.23. The highest BCUT2D eigenvalue weighted by molar-refractivity contribution is 6.51. The molecule has 25 heavy (non-hydrogen) atoms. The Bertz CT molecular complexity index is 226. The second kappa shape index (κ2) is 20.8. The fourth-order valence-electron chi connectivity index (χ4n) is 3.41. The lowest BCUT2D eigenvalue weighted by molar-refractivity contribution is -0.0832. The Hall–Kier alpha value is 0.452. The van der Waals surface area contributed by atoms with Gasteiger partial charge in [0.15, 0.2) is 0 Å². The molecule has 0 saturated heterocycles. The Morgan fingerprint density at radius 2 is 1.08 bits per heavy atom. The van der Waals surface area contributed by atoms with Crippen molar-refractivity contribution in [2.24, 2.45) is 0 Å². The van der Waals surface area contributed by atoms with Crippen LogP contribution in [0.2, 0.25) is 10.6 Å². The van der Waals surface area contributed by atoms with Crippen LogP contribution < -0.4 is 0 Å². The largest absolute Gasteiger partial charge is 0.478 e. The smallest absolute Gasteiger partial charge is 0.462 e. The van der Waals surface area contributed by atoms with Crippen LogP contribution in [0.15, 0.2) is 0 Å². The molecule has 0 saturated carbocycles. The number of hydrogen-bond acceptors (Lipinski definition) is 2. The van der Waals surface area contributed by atoms with E-state index in [0.29, 0.717) is 0 Å². The van der Waals surface area contributed by atoms with Crippen molar-refractivity contribution >= 4 is 14.5 Å². The summed E-state index contributed by atoms with van der Waals surface area (Å²) in [5.41, 5.74) is 0. The Morgan fingerprint density at radius 3 is 1.52 bits per heavy atom.